The van der Waals surface area contributed by atoms with Crippen LogP contribution in [0.4, 0.5) is 11.4 Å². The number of carbonyl (C=O) groups is 1. The number of amides is 1. The monoisotopic (exact) mass is 426 g/mol. The van der Waals surface area contributed by atoms with Gasteiger partial charge in [0.15, 0.2) is 5.75 Å². The fraction of sp³-hybridized carbons (Fsp3) is 0.136. The van der Waals surface area contributed by atoms with Crippen LogP contribution >= 0.6 is 0 Å². The third-order valence-electron chi connectivity index (χ3n) is 4.16. The third-order valence-corrected chi connectivity index (χ3v) is 5.30. The van der Waals surface area contributed by atoms with Crippen molar-refractivity contribution in [3.8, 4) is 17.2 Å². The predicted octanol–water partition coefficient (Wildman–Crippen LogP) is 3.89. The van der Waals surface area contributed by atoms with Crippen LogP contribution in [0.5, 0.6) is 17.2 Å². The van der Waals surface area contributed by atoms with E-state index < -0.39 is 22.5 Å². The zero-order valence-electron chi connectivity index (χ0n) is 16.6. The van der Waals surface area contributed by atoms with Gasteiger partial charge < -0.3 is 14.8 Å². The van der Waals surface area contributed by atoms with Crippen LogP contribution in [0.2, 0.25) is 0 Å². The summed E-state index contributed by atoms with van der Waals surface area (Å²) in [4.78, 5) is 12.7. The Morgan fingerprint density at radius 2 is 1.60 bits per heavy atom. The molecule has 30 heavy (non-hydrogen) atoms. The summed E-state index contributed by atoms with van der Waals surface area (Å²) in [6.07, 6.45) is 1.05. The van der Waals surface area contributed by atoms with Crippen LogP contribution in [0, 0.1) is 0 Å². The Morgan fingerprint density at radius 3 is 2.30 bits per heavy atom. The van der Waals surface area contributed by atoms with Gasteiger partial charge in [0.2, 0.25) is 15.9 Å². The van der Waals surface area contributed by atoms with E-state index in [9.17, 15) is 13.2 Å². The molecular weight excluding hydrogens is 404 g/mol. The van der Waals surface area contributed by atoms with Crippen molar-refractivity contribution in [2.45, 2.75) is 0 Å². The molecule has 0 aliphatic carbocycles. The van der Waals surface area contributed by atoms with Gasteiger partial charge in [-0.3, -0.25) is 9.10 Å². The summed E-state index contributed by atoms with van der Waals surface area (Å²) in [7, 11) is -2.22. The maximum Gasteiger partial charge on any atom is 0.245 e. The molecule has 0 atom stereocenters. The molecule has 0 aromatic heterocycles. The molecule has 8 heteroatoms. The molecule has 0 aliphatic heterocycles. The Hall–Kier alpha value is -3.52. The van der Waals surface area contributed by atoms with Crippen molar-refractivity contribution in [1.82, 2.24) is 0 Å². The molecule has 7 nitrogen and oxygen atoms in total. The summed E-state index contributed by atoms with van der Waals surface area (Å²) in [5.41, 5.74) is 0.770. The first-order chi connectivity index (χ1) is 14.4. The quantitative estimate of drug-likeness (QED) is 0.591. The van der Waals surface area contributed by atoms with E-state index >= 15 is 0 Å². The highest BCUT2D eigenvalue weighted by Crippen LogP contribution is 2.29. The van der Waals surface area contributed by atoms with Gasteiger partial charge in [-0.15, -0.1) is 0 Å². The van der Waals surface area contributed by atoms with E-state index in [0.29, 0.717) is 28.6 Å². The molecule has 0 fully saturated rings. The topological polar surface area (TPSA) is 84.9 Å². The first kappa shape index (κ1) is 21.2. The average molecular weight is 426 g/mol. The molecule has 0 saturated carbocycles. The van der Waals surface area contributed by atoms with Crippen LogP contribution in [0.15, 0.2) is 78.9 Å². The number of methoxy groups -OCH3 is 1. The van der Waals surface area contributed by atoms with Crippen molar-refractivity contribution in [3.63, 3.8) is 0 Å². The Labute approximate surface area is 175 Å². The molecule has 1 amide bonds. The van der Waals surface area contributed by atoms with Gasteiger partial charge in [0, 0.05) is 6.07 Å². The van der Waals surface area contributed by atoms with Gasteiger partial charge in [-0.25, -0.2) is 8.42 Å². The highest BCUT2D eigenvalue weighted by Gasteiger charge is 2.22. The normalized spacial score (nSPS) is 10.9. The van der Waals surface area contributed by atoms with Gasteiger partial charge in [-0.1, -0.05) is 36.4 Å². The number of anilines is 2. The van der Waals surface area contributed by atoms with Crippen LogP contribution in [-0.4, -0.2) is 34.2 Å². The summed E-state index contributed by atoms with van der Waals surface area (Å²) in [6.45, 7) is -0.397. The lowest BCUT2D eigenvalue weighted by Crippen LogP contribution is -2.37. The van der Waals surface area contributed by atoms with E-state index in [1.165, 1.54) is 7.11 Å². The van der Waals surface area contributed by atoms with E-state index in [0.717, 1.165) is 10.6 Å². The molecular formula is C22H22N2O5S. The van der Waals surface area contributed by atoms with Gasteiger partial charge >= 0.3 is 0 Å². The summed E-state index contributed by atoms with van der Waals surface area (Å²) in [5.74, 6) is 1.05. The van der Waals surface area contributed by atoms with Crippen molar-refractivity contribution in [2.24, 2.45) is 0 Å². The molecule has 0 heterocycles. The molecule has 3 aromatic carbocycles. The number of hydrogen-bond acceptors (Lipinski definition) is 5. The molecule has 156 valence electrons. The van der Waals surface area contributed by atoms with Gasteiger partial charge in [-0.2, -0.15) is 0 Å². The lowest BCUT2D eigenvalue weighted by molar-refractivity contribution is -0.114. The second-order valence-corrected chi connectivity index (χ2v) is 8.34. The predicted molar refractivity (Wildman–Crippen MR) is 117 cm³/mol. The van der Waals surface area contributed by atoms with Gasteiger partial charge in [0.1, 0.15) is 18.0 Å². The van der Waals surface area contributed by atoms with Crippen LogP contribution in [0.3, 0.4) is 0 Å². The number of ether oxygens (including phenoxy) is 2. The number of benzene rings is 3. The zero-order chi connectivity index (χ0) is 21.6. The highest BCUT2D eigenvalue weighted by molar-refractivity contribution is 7.92. The lowest BCUT2D eigenvalue weighted by atomic mass is 10.2. The fourth-order valence-electron chi connectivity index (χ4n) is 2.76. The number of para-hydroxylation sites is 3. The van der Waals surface area contributed by atoms with Crippen molar-refractivity contribution in [3.05, 3.63) is 78.9 Å². The van der Waals surface area contributed by atoms with Gasteiger partial charge in [0.25, 0.3) is 0 Å². The average Bonchev–Trinajstić information content (AvgIpc) is 2.73. The van der Waals surface area contributed by atoms with E-state index in [1.54, 1.807) is 60.7 Å². The van der Waals surface area contributed by atoms with E-state index in [1.807, 2.05) is 18.2 Å². The smallest absolute Gasteiger partial charge is 0.245 e. The number of carbonyl (C=O) groups excluding carboxylic acids is 1. The molecule has 0 unspecified atom stereocenters. The molecule has 0 saturated heterocycles. The minimum absolute atomic E-state index is 0.334. The summed E-state index contributed by atoms with van der Waals surface area (Å²) in [6, 6.07) is 22.6. The second kappa shape index (κ2) is 9.32. The summed E-state index contributed by atoms with van der Waals surface area (Å²) >= 11 is 0. The zero-order valence-corrected chi connectivity index (χ0v) is 17.4. The Kier molecular flexibility index (Phi) is 6.58. The van der Waals surface area contributed by atoms with Crippen molar-refractivity contribution in [2.75, 3.05) is 29.5 Å². The van der Waals surface area contributed by atoms with Crippen LogP contribution in [-0.2, 0) is 14.8 Å². The number of hydrogen-bond donors (Lipinski definition) is 1. The van der Waals surface area contributed by atoms with Crippen LogP contribution in [0.25, 0.3) is 0 Å². The fourth-order valence-corrected chi connectivity index (χ4v) is 3.61. The minimum Gasteiger partial charge on any atom is -0.497 e. The van der Waals surface area contributed by atoms with Crippen LogP contribution in [0.1, 0.15) is 0 Å². The largest absolute Gasteiger partial charge is 0.497 e. The van der Waals surface area contributed by atoms with Gasteiger partial charge in [0.05, 0.1) is 24.7 Å². The summed E-state index contributed by atoms with van der Waals surface area (Å²) in [5, 5.41) is 2.73. The Balaban J connectivity index is 1.80. The molecule has 3 rings (SSSR count). The van der Waals surface area contributed by atoms with E-state index in [2.05, 4.69) is 5.32 Å². The first-order valence-electron chi connectivity index (χ1n) is 9.10. The molecule has 0 spiro atoms. The van der Waals surface area contributed by atoms with E-state index in [4.69, 9.17) is 9.47 Å². The maximum atomic E-state index is 12.7. The summed E-state index contributed by atoms with van der Waals surface area (Å²) < 4.78 is 36.6. The van der Waals surface area contributed by atoms with Crippen molar-refractivity contribution < 1.29 is 22.7 Å². The standard InChI is InChI=1S/C22H22N2O5S/c1-28-19-12-8-9-17(15-19)24(30(2,26)27)16-22(25)23-20-13-6-7-14-21(20)29-18-10-4-3-5-11-18/h3-15H,16H2,1-2H3,(H,23,25). The Morgan fingerprint density at radius 1 is 0.933 bits per heavy atom. The van der Waals surface area contributed by atoms with Crippen LogP contribution < -0.4 is 19.1 Å². The third kappa shape index (κ3) is 5.51. The number of sulfonamides is 1. The maximum absolute atomic E-state index is 12.7. The molecule has 3 aromatic rings. The highest BCUT2D eigenvalue weighted by atomic mass is 32.2. The molecule has 0 radical (unpaired) electrons. The number of rotatable bonds is 8. The minimum atomic E-state index is -3.70. The molecule has 1 N–H and O–H groups in total. The lowest BCUT2D eigenvalue weighted by Gasteiger charge is -2.22. The number of nitrogens with zero attached hydrogens (tertiary/aromatic N) is 1. The SMILES string of the molecule is COc1cccc(N(CC(=O)Nc2ccccc2Oc2ccccc2)S(C)(=O)=O)c1. The number of nitrogens with one attached hydrogen (secondary N) is 1. The first-order valence-corrected chi connectivity index (χ1v) is 11.0. The van der Waals surface area contributed by atoms with Crippen molar-refractivity contribution >= 4 is 27.3 Å². The Bertz CT molecular complexity index is 1120. The molecule has 0 aliphatic rings. The second-order valence-electron chi connectivity index (χ2n) is 6.43. The van der Waals surface area contributed by atoms with Gasteiger partial charge in [-0.05, 0) is 36.4 Å². The van der Waals surface area contributed by atoms with Crippen molar-refractivity contribution in [1.29, 1.82) is 0 Å². The molecule has 0 bridgehead atoms. The van der Waals surface area contributed by atoms with E-state index in [-0.39, 0.29) is 0 Å².